The van der Waals surface area contributed by atoms with Gasteiger partial charge in [-0.25, -0.2) is 19.6 Å². The number of hydrogen-bond acceptors (Lipinski definition) is 10. The molecule has 78 heavy (non-hydrogen) atoms. The summed E-state index contributed by atoms with van der Waals surface area (Å²) < 4.78 is 106. The van der Waals surface area contributed by atoms with Crippen LogP contribution in [0.1, 0.15) is 176 Å². The zero-order chi connectivity index (χ0) is 56.6. The number of aryl methyl sites for hydroxylation is 2. The highest BCUT2D eigenvalue weighted by molar-refractivity contribution is 9.10. The summed E-state index contributed by atoms with van der Waals surface area (Å²) in [4.78, 5) is 43.7. The number of rotatable bonds is 13. The predicted octanol–water partition coefficient (Wildman–Crippen LogP) is 14.4. The summed E-state index contributed by atoms with van der Waals surface area (Å²) in [5.74, 6) is 1.65. The Balaban J connectivity index is 0.000000210. The minimum absolute atomic E-state index is 0.188. The molecule has 3 aliphatic heterocycles. The van der Waals surface area contributed by atoms with Gasteiger partial charge in [-0.3, -0.25) is 9.80 Å². The summed E-state index contributed by atoms with van der Waals surface area (Å²) in [6, 6.07) is 11.4. The van der Waals surface area contributed by atoms with Crippen LogP contribution in [0.4, 0.5) is 47.6 Å². The molecule has 5 heterocycles. The van der Waals surface area contributed by atoms with E-state index in [2.05, 4.69) is 39.6 Å². The van der Waals surface area contributed by atoms with E-state index in [1.165, 1.54) is 25.7 Å². The van der Waals surface area contributed by atoms with Gasteiger partial charge in [0, 0.05) is 58.6 Å². The molecule has 9 rings (SSSR count). The zero-order valence-electron chi connectivity index (χ0n) is 46.5. The summed E-state index contributed by atoms with van der Waals surface area (Å²) in [5, 5.41) is 0. The second-order valence-corrected chi connectivity index (χ2v) is 23.7. The molecule has 0 unspecified atom stereocenters. The largest absolute Gasteiger partial charge is 0.496 e. The van der Waals surface area contributed by atoms with E-state index in [1.54, 1.807) is 48.2 Å². The van der Waals surface area contributed by atoms with Crippen molar-refractivity contribution in [1.29, 1.82) is 0 Å². The minimum atomic E-state index is -4.50. The molecule has 2 aliphatic carbocycles. The Morgan fingerprint density at radius 1 is 0.615 bits per heavy atom. The van der Waals surface area contributed by atoms with Crippen molar-refractivity contribution in [2.45, 2.75) is 206 Å². The number of pyridine rings is 2. The van der Waals surface area contributed by atoms with Crippen LogP contribution in [0.5, 0.6) is 0 Å². The van der Waals surface area contributed by atoms with E-state index in [9.17, 15) is 35.9 Å². The number of alkyl halides is 6. The average Bonchev–Trinajstić information content (AvgIpc) is 3.98. The van der Waals surface area contributed by atoms with E-state index in [0.717, 1.165) is 109 Å². The monoisotopic (exact) mass is 1150 g/mol. The maximum atomic E-state index is 13.6. The SMILES string of the molecule is CCN(c1ncc(B2OC(C)(C)C(C)(C)O2)cc1CN1C(=O)O[C@H](c2cc(C)cc(C(F)(F)F)c2)[C@@H]1C)C1CCCCC1.CCN(c1ncc(Br)cc1CN1C(=O)O[C@H](c2cc(C)cc(C(F)(F)F)c2)[C@@H]1C)C1CCCCC1. The fourth-order valence-electron chi connectivity index (χ4n) is 11.8. The van der Waals surface area contributed by atoms with Gasteiger partial charge in [0.25, 0.3) is 0 Å². The second kappa shape index (κ2) is 23.6. The average molecular weight is 1160 g/mol. The minimum Gasteiger partial charge on any atom is -0.439 e. The topological polar surface area (TPSA) is 110 Å². The van der Waals surface area contributed by atoms with Crippen LogP contribution >= 0.6 is 15.9 Å². The fraction of sp³-hybridized carbons (Fsp3) is 0.586. The lowest BCUT2D eigenvalue weighted by atomic mass is 9.79. The number of benzene rings is 2. The highest BCUT2D eigenvalue weighted by Gasteiger charge is 2.52. The number of halogens is 7. The van der Waals surface area contributed by atoms with Crippen molar-refractivity contribution in [3.63, 3.8) is 0 Å². The smallest absolute Gasteiger partial charge is 0.439 e. The zero-order valence-corrected chi connectivity index (χ0v) is 48.1. The van der Waals surface area contributed by atoms with Crippen molar-refractivity contribution in [3.8, 4) is 0 Å². The van der Waals surface area contributed by atoms with Crippen molar-refractivity contribution in [3.05, 3.63) is 110 Å². The van der Waals surface area contributed by atoms with Crippen molar-refractivity contribution in [1.82, 2.24) is 19.8 Å². The van der Waals surface area contributed by atoms with Gasteiger partial charge in [-0.1, -0.05) is 67.9 Å². The number of nitrogens with zero attached hydrogens (tertiary/aromatic N) is 6. The van der Waals surface area contributed by atoms with E-state index in [-0.39, 0.29) is 13.1 Å². The Morgan fingerprint density at radius 2 is 1.01 bits per heavy atom. The molecular formula is C58H74BBrF6N6O6. The third kappa shape index (κ3) is 12.9. The number of hydrogen-bond donors (Lipinski definition) is 0. The summed E-state index contributed by atoms with van der Waals surface area (Å²) >= 11 is 3.50. The van der Waals surface area contributed by atoms with Crippen molar-refractivity contribution >= 4 is 52.3 Å². The number of ether oxygens (including phenoxy) is 2. The Kier molecular flexibility index (Phi) is 17.8. The van der Waals surface area contributed by atoms with Gasteiger partial charge < -0.3 is 28.6 Å². The number of amides is 2. The van der Waals surface area contributed by atoms with Gasteiger partial charge in [0.15, 0.2) is 0 Å². The van der Waals surface area contributed by atoms with Crippen LogP contribution in [0.2, 0.25) is 0 Å². The second-order valence-electron chi connectivity index (χ2n) is 22.7. The highest BCUT2D eigenvalue weighted by atomic mass is 79.9. The number of cyclic esters (lactones) is 2. The molecule has 12 nitrogen and oxygen atoms in total. The lowest BCUT2D eigenvalue weighted by molar-refractivity contribution is -0.138. The third-order valence-electron chi connectivity index (χ3n) is 16.6. The van der Waals surface area contributed by atoms with Crippen LogP contribution in [0, 0.1) is 13.8 Å². The first kappa shape index (κ1) is 59.1. The molecule has 5 aliphatic rings. The molecule has 0 bridgehead atoms. The molecule has 0 radical (unpaired) electrons. The van der Waals surface area contributed by atoms with Crippen LogP contribution in [0.15, 0.2) is 65.4 Å². The van der Waals surface area contributed by atoms with Gasteiger partial charge in [-0.15, -0.1) is 0 Å². The highest BCUT2D eigenvalue weighted by Crippen LogP contribution is 2.42. The summed E-state index contributed by atoms with van der Waals surface area (Å²) in [6.07, 6.45) is 3.45. The van der Waals surface area contributed by atoms with Gasteiger partial charge in [-0.05, 0) is 152 Å². The fourth-order valence-corrected chi connectivity index (χ4v) is 12.1. The summed E-state index contributed by atoms with van der Waals surface area (Å²) in [7, 11) is -0.626. The maximum absolute atomic E-state index is 13.6. The van der Waals surface area contributed by atoms with Gasteiger partial charge >= 0.3 is 31.7 Å². The Hall–Kier alpha value is -5.08. The lowest BCUT2D eigenvalue weighted by Crippen LogP contribution is -2.41. The number of anilines is 2. The Bertz CT molecular complexity index is 2770. The normalized spacial score (nSPS) is 22.8. The molecule has 4 atom stereocenters. The number of carbonyl (C=O) groups is 2. The molecule has 5 fully saturated rings. The van der Waals surface area contributed by atoms with Crippen molar-refractivity contribution in [2.75, 3.05) is 22.9 Å². The molecule has 2 aromatic heterocycles. The first-order chi connectivity index (χ1) is 36.7. The molecule has 0 N–H and O–H groups in total. The number of carbonyl (C=O) groups excluding carboxylic acids is 2. The molecule has 424 valence electrons. The van der Waals surface area contributed by atoms with E-state index in [4.69, 9.17) is 28.8 Å². The van der Waals surface area contributed by atoms with E-state index in [0.29, 0.717) is 34.3 Å². The quantitative estimate of drug-likeness (QED) is 0.0948. The van der Waals surface area contributed by atoms with E-state index in [1.807, 2.05) is 53.7 Å². The van der Waals surface area contributed by atoms with Crippen LogP contribution in [0.3, 0.4) is 0 Å². The van der Waals surface area contributed by atoms with E-state index >= 15 is 0 Å². The number of aromatic nitrogens is 2. The summed E-state index contributed by atoms with van der Waals surface area (Å²) in [6.45, 7) is 21.1. The van der Waals surface area contributed by atoms with Gasteiger partial charge in [0.2, 0.25) is 0 Å². The summed E-state index contributed by atoms with van der Waals surface area (Å²) in [5.41, 5.74) is 1.52. The maximum Gasteiger partial charge on any atom is 0.496 e. The molecule has 20 heteroatoms. The van der Waals surface area contributed by atoms with Crippen LogP contribution in [0.25, 0.3) is 0 Å². The Morgan fingerprint density at radius 3 is 1.41 bits per heavy atom. The van der Waals surface area contributed by atoms with Gasteiger partial charge in [0.1, 0.15) is 23.8 Å². The molecule has 4 aromatic rings. The Labute approximate surface area is 464 Å². The molecule has 3 saturated heterocycles. The third-order valence-corrected chi connectivity index (χ3v) is 17.1. The first-order valence-electron chi connectivity index (χ1n) is 27.5. The predicted molar refractivity (Wildman–Crippen MR) is 292 cm³/mol. The molecule has 2 aromatic carbocycles. The van der Waals surface area contributed by atoms with Gasteiger partial charge in [0.05, 0.1) is 47.5 Å². The first-order valence-corrected chi connectivity index (χ1v) is 28.3. The standard InChI is InChI=1S/C32H43BF3N3O4.C26H31BrF3N3O2/c1-8-38(26-12-10-9-11-13-26)28-23(17-25(18-37-28)33-42-30(4,5)31(6,7)43-33)19-39-21(3)27(41-29(39)40)22-14-20(2)15-24(16-22)32(34,35)36;1-4-32(22-8-6-5-7-9-22)24-19(13-21(27)14-31-24)15-33-17(3)23(35-25(33)34)18-10-16(2)11-20(12-18)26(28,29)30/h14-18,21,26-27H,8-13,19H2,1-7H3;10-14,17,22-23H,4-9,15H2,1-3H3/t21-,27-;17-,23-/m00/s1. The van der Waals surface area contributed by atoms with Crippen LogP contribution in [-0.2, 0) is 44.2 Å². The van der Waals surface area contributed by atoms with Crippen molar-refractivity contribution in [2.24, 2.45) is 0 Å². The van der Waals surface area contributed by atoms with Crippen LogP contribution in [-0.4, -0.2) is 87.5 Å². The lowest BCUT2D eigenvalue weighted by Gasteiger charge is -2.36. The molecule has 2 saturated carbocycles. The van der Waals surface area contributed by atoms with Gasteiger partial charge in [-0.2, -0.15) is 26.3 Å². The molecule has 2 amide bonds. The molecule has 0 spiro atoms. The van der Waals surface area contributed by atoms with Crippen LogP contribution < -0.4 is 15.3 Å². The van der Waals surface area contributed by atoms with Crippen molar-refractivity contribution < 1.29 is 54.7 Å². The molecular weight excluding hydrogens is 1080 g/mol. The van der Waals surface area contributed by atoms with E-state index < -0.39 is 78.3 Å².